The molecule has 0 bridgehead atoms. The third-order valence-corrected chi connectivity index (χ3v) is 4.46. The van der Waals surface area contributed by atoms with Crippen LogP contribution in [0.1, 0.15) is 53.4 Å². The number of nitrogens with zero attached hydrogens (tertiary/aromatic N) is 1. The molecule has 0 saturated carbocycles. The molecule has 1 heterocycles. The molecule has 1 aliphatic heterocycles. The van der Waals surface area contributed by atoms with Gasteiger partial charge in [0, 0.05) is 6.04 Å². The highest BCUT2D eigenvalue weighted by Gasteiger charge is 2.38. The number of likely N-dealkylation sites (tertiary alicyclic amines) is 1. The van der Waals surface area contributed by atoms with E-state index in [1.807, 2.05) is 13.8 Å². The van der Waals surface area contributed by atoms with Crippen molar-refractivity contribution in [3.63, 3.8) is 0 Å². The van der Waals surface area contributed by atoms with E-state index in [-0.39, 0.29) is 18.0 Å². The van der Waals surface area contributed by atoms with Crippen LogP contribution in [0.15, 0.2) is 0 Å². The summed E-state index contributed by atoms with van der Waals surface area (Å²) in [6, 6.07) is 0.0108. The van der Waals surface area contributed by atoms with Crippen molar-refractivity contribution in [1.29, 1.82) is 0 Å². The summed E-state index contributed by atoms with van der Waals surface area (Å²) in [4.78, 5) is 25.4. The summed E-state index contributed by atoms with van der Waals surface area (Å²) in [5.41, 5.74) is -0.637. The van der Waals surface area contributed by atoms with Gasteiger partial charge in [0.2, 0.25) is 5.91 Å². The van der Waals surface area contributed by atoms with E-state index in [1.165, 1.54) is 0 Å². The van der Waals surface area contributed by atoms with Gasteiger partial charge in [-0.05, 0) is 53.1 Å². The quantitative estimate of drug-likeness (QED) is 0.781. The van der Waals surface area contributed by atoms with Crippen molar-refractivity contribution in [3.05, 3.63) is 0 Å². The Labute approximate surface area is 121 Å². The number of rotatable bonds is 6. The minimum Gasteiger partial charge on any atom is -0.481 e. The topological polar surface area (TPSA) is 69.6 Å². The minimum atomic E-state index is -0.731. The normalized spacial score (nSPS) is 22.0. The number of piperidine rings is 1. The van der Waals surface area contributed by atoms with Gasteiger partial charge in [0.15, 0.2) is 0 Å². The molecule has 0 spiro atoms. The highest BCUT2D eigenvalue weighted by atomic mass is 16.4. The molecule has 2 N–H and O–H groups in total. The Bertz CT molecular complexity index is 349. The SMILES string of the molecule is CCCC(C)NC(=O)C(C)N1CCC(C)(C(=O)O)CC1. The predicted octanol–water partition coefficient (Wildman–Crippen LogP) is 1.87. The average molecular weight is 284 g/mol. The molecule has 1 saturated heterocycles. The second kappa shape index (κ2) is 7.07. The Morgan fingerprint density at radius 1 is 1.30 bits per heavy atom. The lowest BCUT2D eigenvalue weighted by molar-refractivity contribution is -0.151. The Balaban J connectivity index is 2.48. The molecule has 0 aromatic rings. The molecular formula is C15H28N2O3. The number of carbonyl (C=O) groups is 2. The van der Waals surface area contributed by atoms with Gasteiger partial charge in [0.1, 0.15) is 0 Å². The maximum atomic E-state index is 12.2. The van der Waals surface area contributed by atoms with Crippen molar-refractivity contribution in [3.8, 4) is 0 Å². The first-order chi connectivity index (χ1) is 9.30. The molecule has 2 unspecified atom stereocenters. The molecule has 0 aliphatic carbocycles. The lowest BCUT2D eigenvalue weighted by atomic mass is 9.80. The fourth-order valence-corrected chi connectivity index (χ4v) is 2.65. The van der Waals surface area contributed by atoms with Crippen LogP contribution < -0.4 is 5.32 Å². The van der Waals surface area contributed by atoms with E-state index in [0.717, 1.165) is 12.8 Å². The van der Waals surface area contributed by atoms with Crippen molar-refractivity contribution in [1.82, 2.24) is 10.2 Å². The van der Waals surface area contributed by atoms with Crippen LogP contribution in [0.2, 0.25) is 0 Å². The second-order valence-corrected chi connectivity index (χ2v) is 6.28. The van der Waals surface area contributed by atoms with Gasteiger partial charge in [-0.3, -0.25) is 14.5 Å². The number of carboxylic acid groups (broad SMARTS) is 1. The van der Waals surface area contributed by atoms with E-state index in [0.29, 0.717) is 25.9 Å². The van der Waals surface area contributed by atoms with Crippen LogP contribution >= 0.6 is 0 Å². The number of amides is 1. The standard InChI is InChI=1S/C15H28N2O3/c1-5-6-11(2)16-13(18)12(3)17-9-7-15(4,8-10-17)14(19)20/h11-12H,5-10H2,1-4H3,(H,16,18)(H,19,20). The molecule has 1 amide bonds. The van der Waals surface area contributed by atoms with E-state index < -0.39 is 11.4 Å². The van der Waals surface area contributed by atoms with Gasteiger partial charge in [-0.25, -0.2) is 0 Å². The van der Waals surface area contributed by atoms with Crippen molar-refractivity contribution in [2.75, 3.05) is 13.1 Å². The molecule has 0 aromatic carbocycles. The minimum absolute atomic E-state index is 0.0462. The number of hydrogen-bond acceptors (Lipinski definition) is 3. The zero-order chi connectivity index (χ0) is 15.3. The molecule has 0 radical (unpaired) electrons. The smallest absolute Gasteiger partial charge is 0.309 e. The Kier molecular flexibility index (Phi) is 5.99. The highest BCUT2D eigenvalue weighted by molar-refractivity contribution is 5.81. The summed E-state index contributed by atoms with van der Waals surface area (Å²) in [6.07, 6.45) is 3.24. The third kappa shape index (κ3) is 4.20. The van der Waals surface area contributed by atoms with Crippen molar-refractivity contribution in [2.45, 2.75) is 65.5 Å². The first kappa shape index (κ1) is 17.0. The van der Waals surface area contributed by atoms with Crippen LogP contribution in [-0.2, 0) is 9.59 Å². The second-order valence-electron chi connectivity index (χ2n) is 6.28. The van der Waals surface area contributed by atoms with E-state index in [2.05, 4.69) is 17.1 Å². The summed E-state index contributed by atoms with van der Waals surface area (Å²) < 4.78 is 0. The number of carboxylic acids is 1. The molecule has 1 rings (SSSR count). The highest BCUT2D eigenvalue weighted by Crippen LogP contribution is 2.31. The third-order valence-electron chi connectivity index (χ3n) is 4.46. The van der Waals surface area contributed by atoms with Gasteiger partial charge in [0.05, 0.1) is 11.5 Å². The van der Waals surface area contributed by atoms with Crippen molar-refractivity contribution < 1.29 is 14.7 Å². The van der Waals surface area contributed by atoms with Gasteiger partial charge >= 0.3 is 5.97 Å². The number of aliphatic carboxylic acids is 1. The molecule has 0 aromatic heterocycles. The van der Waals surface area contributed by atoms with Crippen LogP contribution in [0.5, 0.6) is 0 Å². The van der Waals surface area contributed by atoms with E-state index in [1.54, 1.807) is 6.92 Å². The number of hydrogen-bond donors (Lipinski definition) is 2. The predicted molar refractivity (Wildman–Crippen MR) is 78.5 cm³/mol. The van der Waals surface area contributed by atoms with Crippen molar-refractivity contribution >= 4 is 11.9 Å². The summed E-state index contributed by atoms with van der Waals surface area (Å²) in [6.45, 7) is 9.15. The molecule has 5 heteroatoms. The molecular weight excluding hydrogens is 256 g/mol. The van der Waals surface area contributed by atoms with Gasteiger partial charge in [0.25, 0.3) is 0 Å². The summed E-state index contributed by atoms with van der Waals surface area (Å²) in [5, 5.41) is 12.2. The first-order valence-electron chi connectivity index (χ1n) is 7.58. The van der Waals surface area contributed by atoms with E-state index in [9.17, 15) is 14.7 Å². The fourth-order valence-electron chi connectivity index (χ4n) is 2.65. The van der Waals surface area contributed by atoms with Crippen LogP contribution in [0.3, 0.4) is 0 Å². The summed E-state index contributed by atoms with van der Waals surface area (Å²) >= 11 is 0. The van der Waals surface area contributed by atoms with E-state index in [4.69, 9.17) is 0 Å². The molecule has 116 valence electrons. The molecule has 1 aliphatic rings. The van der Waals surface area contributed by atoms with Gasteiger partial charge in [-0.1, -0.05) is 13.3 Å². The van der Waals surface area contributed by atoms with Crippen LogP contribution in [-0.4, -0.2) is 47.1 Å². The summed E-state index contributed by atoms with van der Waals surface area (Å²) in [7, 11) is 0. The van der Waals surface area contributed by atoms with Gasteiger partial charge in [-0.2, -0.15) is 0 Å². The van der Waals surface area contributed by atoms with Crippen LogP contribution in [0.25, 0.3) is 0 Å². The van der Waals surface area contributed by atoms with Gasteiger partial charge in [-0.15, -0.1) is 0 Å². The lowest BCUT2D eigenvalue weighted by Crippen LogP contribution is -2.52. The summed E-state index contributed by atoms with van der Waals surface area (Å²) in [5.74, 6) is -0.685. The maximum Gasteiger partial charge on any atom is 0.309 e. The van der Waals surface area contributed by atoms with Crippen LogP contribution in [0.4, 0.5) is 0 Å². The average Bonchev–Trinajstić information content (AvgIpc) is 2.38. The largest absolute Gasteiger partial charge is 0.481 e. The monoisotopic (exact) mass is 284 g/mol. The van der Waals surface area contributed by atoms with Gasteiger partial charge < -0.3 is 10.4 Å². The first-order valence-corrected chi connectivity index (χ1v) is 7.58. The Morgan fingerprint density at radius 3 is 2.30 bits per heavy atom. The van der Waals surface area contributed by atoms with Crippen LogP contribution in [0, 0.1) is 5.41 Å². The van der Waals surface area contributed by atoms with Crippen molar-refractivity contribution in [2.24, 2.45) is 5.41 Å². The fraction of sp³-hybridized carbons (Fsp3) is 0.867. The van der Waals surface area contributed by atoms with E-state index >= 15 is 0 Å². The number of carbonyl (C=O) groups excluding carboxylic acids is 1. The maximum absolute atomic E-state index is 12.2. The number of nitrogens with one attached hydrogen (secondary N) is 1. The molecule has 2 atom stereocenters. The lowest BCUT2D eigenvalue weighted by Gasteiger charge is -2.39. The zero-order valence-electron chi connectivity index (χ0n) is 13.1. The molecule has 1 fully saturated rings. The Morgan fingerprint density at radius 2 is 1.85 bits per heavy atom. The molecule has 5 nitrogen and oxygen atoms in total. The zero-order valence-corrected chi connectivity index (χ0v) is 13.1. The molecule has 20 heavy (non-hydrogen) atoms. The Hall–Kier alpha value is -1.10.